The molecule has 0 aromatic heterocycles. The summed E-state index contributed by atoms with van der Waals surface area (Å²) in [5, 5.41) is 0. The van der Waals surface area contributed by atoms with Crippen molar-refractivity contribution in [3.05, 3.63) is 29.8 Å². The molecule has 0 amide bonds. The maximum Gasteiger partial charge on any atom is 0.313 e. The van der Waals surface area contributed by atoms with Crippen LogP contribution in [0.15, 0.2) is 24.3 Å². The zero-order chi connectivity index (χ0) is 15.2. The van der Waals surface area contributed by atoms with Crippen molar-refractivity contribution in [1.82, 2.24) is 0 Å². The average molecular weight is 299 g/mol. The highest BCUT2D eigenvalue weighted by molar-refractivity contribution is 7.91. The number of hydrogen-bond acceptors (Lipinski definition) is 5. The Labute approximate surface area is 120 Å². The van der Waals surface area contributed by atoms with E-state index in [4.69, 9.17) is 10.5 Å². The Morgan fingerprint density at radius 2 is 2.05 bits per heavy atom. The molecule has 1 atom stereocenters. The van der Waals surface area contributed by atoms with Gasteiger partial charge in [-0.05, 0) is 31.0 Å². The molecule has 1 aromatic rings. The Bertz CT molecular complexity index is 554. The van der Waals surface area contributed by atoms with Crippen LogP contribution in [0.4, 0.5) is 5.69 Å². The molecule has 0 bridgehead atoms. The molecule has 0 spiro atoms. The monoisotopic (exact) mass is 299 g/mol. The molecule has 0 fully saturated rings. The van der Waals surface area contributed by atoms with Crippen molar-refractivity contribution in [2.45, 2.75) is 26.2 Å². The molecule has 5 nitrogen and oxygen atoms in total. The van der Waals surface area contributed by atoms with Crippen LogP contribution < -0.4 is 5.73 Å². The predicted molar refractivity (Wildman–Crippen MR) is 79.2 cm³/mol. The molecule has 1 aromatic carbocycles. The summed E-state index contributed by atoms with van der Waals surface area (Å²) in [4.78, 5) is 11.8. The highest BCUT2D eigenvalue weighted by atomic mass is 32.2. The van der Waals surface area contributed by atoms with Gasteiger partial charge in [0.2, 0.25) is 0 Å². The standard InChI is InChI=1S/C14H21NO4S/c1-3-8-20(17,18)9-7-19-14(16)11(2)12-5-4-6-13(15)10-12/h4-6,10-11H,3,7-9,15H2,1-2H3. The van der Waals surface area contributed by atoms with E-state index in [0.717, 1.165) is 5.56 Å². The van der Waals surface area contributed by atoms with E-state index in [-0.39, 0.29) is 18.1 Å². The van der Waals surface area contributed by atoms with E-state index in [1.807, 2.05) is 0 Å². The Morgan fingerprint density at radius 1 is 1.35 bits per heavy atom. The lowest BCUT2D eigenvalue weighted by Gasteiger charge is -2.12. The van der Waals surface area contributed by atoms with Gasteiger partial charge in [-0.1, -0.05) is 19.1 Å². The van der Waals surface area contributed by atoms with Crippen LogP contribution in [0.5, 0.6) is 0 Å². The minimum absolute atomic E-state index is 0.103. The fraction of sp³-hybridized carbons (Fsp3) is 0.500. The normalized spacial score (nSPS) is 12.9. The van der Waals surface area contributed by atoms with E-state index in [9.17, 15) is 13.2 Å². The molecule has 20 heavy (non-hydrogen) atoms. The molecule has 1 rings (SSSR count). The van der Waals surface area contributed by atoms with Crippen molar-refractivity contribution in [2.24, 2.45) is 0 Å². The van der Waals surface area contributed by atoms with Gasteiger partial charge < -0.3 is 10.5 Å². The minimum Gasteiger partial charge on any atom is -0.464 e. The van der Waals surface area contributed by atoms with Crippen molar-refractivity contribution < 1.29 is 17.9 Å². The van der Waals surface area contributed by atoms with E-state index in [1.54, 1.807) is 38.1 Å². The van der Waals surface area contributed by atoms with E-state index in [1.165, 1.54) is 0 Å². The molecular formula is C14H21NO4S. The summed E-state index contributed by atoms with van der Waals surface area (Å²) in [5.74, 6) is -0.916. The molecule has 0 radical (unpaired) electrons. The molecule has 1 unspecified atom stereocenters. The number of carbonyl (C=O) groups is 1. The summed E-state index contributed by atoms with van der Waals surface area (Å²) in [6.07, 6.45) is 0.565. The lowest BCUT2D eigenvalue weighted by molar-refractivity contribution is -0.144. The number of anilines is 1. The predicted octanol–water partition coefficient (Wildman–Crippen LogP) is 1.74. The highest BCUT2D eigenvalue weighted by Crippen LogP contribution is 2.19. The first-order chi connectivity index (χ1) is 9.35. The number of rotatable bonds is 7. The quantitative estimate of drug-likeness (QED) is 0.612. The smallest absolute Gasteiger partial charge is 0.313 e. The number of ether oxygens (including phenoxy) is 1. The van der Waals surface area contributed by atoms with Gasteiger partial charge in [-0.15, -0.1) is 0 Å². The van der Waals surface area contributed by atoms with Crippen molar-refractivity contribution >= 4 is 21.5 Å². The number of esters is 1. The van der Waals surface area contributed by atoms with Gasteiger partial charge in [0.1, 0.15) is 6.61 Å². The topological polar surface area (TPSA) is 86.5 Å². The number of benzene rings is 1. The third kappa shape index (κ3) is 5.21. The molecule has 0 aliphatic heterocycles. The van der Waals surface area contributed by atoms with Crippen LogP contribution in [0.25, 0.3) is 0 Å². The molecule has 0 aliphatic rings. The average Bonchev–Trinajstić information content (AvgIpc) is 2.37. The van der Waals surface area contributed by atoms with Crippen LogP contribution in [0.1, 0.15) is 31.7 Å². The number of nitrogen functional groups attached to an aromatic ring is 1. The molecule has 112 valence electrons. The van der Waals surface area contributed by atoms with Gasteiger partial charge in [0, 0.05) is 5.69 Å². The zero-order valence-corrected chi connectivity index (χ0v) is 12.7. The van der Waals surface area contributed by atoms with Crippen LogP contribution in [0, 0.1) is 0 Å². The summed E-state index contributed by atoms with van der Waals surface area (Å²) in [5.41, 5.74) is 6.99. The van der Waals surface area contributed by atoms with E-state index < -0.39 is 21.7 Å². The summed E-state index contributed by atoms with van der Waals surface area (Å²) in [6, 6.07) is 6.99. The Balaban J connectivity index is 2.51. The summed E-state index contributed by atoms with van der Waals surface area (Å²) in [6.45, 7) is 3.40. The Morgan fingerprint density at radius 3 is 2.65 bits per heavy atom. The van der Waals surface area contributed by atoms with Crippen LogP contribution in [-0.4, -0.2) is 32.5 Å². The second kappa shape index (κ2) is 7.28. The molecule has 0 heterocycles. The first-order valence-electron chi connectivity index (χ1n) is 6.58. The first kappa shape index (κ1) is 16.5. The number of sulfone groups is 1. The molecule has 0 saturated heterocycles. The zero-order valence-electron chi connectivity index (χ0n) is 11.8. The number of hydrogen-bond donors (Lipinski definition) is 1. The van der Waals surface area contributed by atoms with Gasteiger partial charge in [-0.25, -0.2) is 8.42 Å². The number of nitrogens with two attached hydrogens (primary N) is 1. The van der Waals surface area contributed by atoms with Crippen molar-refractivity contribution in [2.75, 3.05) is 23.8 Å². The van der Waals surface area contributed by atoms with Crippen molar-refractivity contribution in [3.8, 4) is 0 Å². The van der Waals surface area contributed by atoms with Crippen molar-refractivity contribution in [3.63, 3.8) is 0 Å². The van der Waals surface area contributed by atoms with Gasteiger partial charge >= 0.3 is 5.97 Å². The van der Waals surface area contributed by atoms with E-state index in [2.05, 4.69) is 0 Å². The Kier molecular flexibility index (Phi) is 6.01. The molecule has 0 saturated carbocycles. The van der Waals surface area contributed by atoms with Crippen LogP contribution in [-0.2, 0) is 19.4 Å². The van der Waals surface area contributed by atoms with Gasteiger partial charge in [0.15, 0.2) is 9.84 Å². The van der Waals surface area contributed by atoms with Crippen LogP contribution in [0.3, 0.4) is 0 Å². The lowest BCUT2D eigenvalue weighted by Crippen LogP contribution is -2.20. The highest BCUT2D eigenvalue weighted by Gasteiger charge is 2.18. The first-order valence-corrected chi connectivity index (χ1v) is 8.40. The maximum atomic E-state index is 11.8. The molecule has 6 heteroatoms. The maximum absolute atomic E-state index is 11.8. The van der Waals surface area contributed by atoms with Crippen molar-refractivity contribution in [1.29, 1.82) is 0 Å². The molecular weight excluding hydrogens is 278 g/mol. The van der Waals surface area contributed by atoms with E-state index in [0.29, 0.717) is 12.1 Å². The van der Waals surface area contributed by atoms with Crippen LogP contribution >= 0.6 is 0 Å². The SMILES string of the molecule is CCCS(=O)(=O)CCOC(=O)C(C)c1cccc(N)c1. The van der Waals surface area contributed by atoms with Gasteiger partial charge in [-0.2, -0.15) is 0 Å². The van der Waals surface area contributed by atoms with Gasteiger partial charge in [0.25, 0.3) is 0 Å². The summed E-state index contributed by atoms with van der Waals surface area (Å²) < 4.78 is 28.0. The summed E-state index contributed by atoms with van der Waals surface area (Å²) >= 11 is 0. The Hall–Kier alpha value is -1.56. The largest absolute Gasteiger partial charge is 0.464 e. The third-order valence-corrected chi connectivity index (χ3v) is 4.74. The van der Waals surface area contributed by atoms with Crippen LogP contribution in [0.2, 0.25) is 0 Å². The second-order valence-electron chi connectivity index (χ2n) is 4.71. The fourth-order valence-electron chi connectivity index (χ4n) is 1.77. The van der Waals surface area contributed by atoms with Gasteiger partial charge in [0.05, 0.1) is 17.4 Å². The minimum atomic E-state index is -3.12. The molecule has 2 N–H and O–H groups in total. The van der Waals surface area contributed by atoms with E-state index >= 15 is 0 Å². The number of carbonyl (C=O) groups excluding carboxylic acids is 1. The fourth-order valence-corrected chi connectivity index (χ4v) is 2.94. The second-order valence-corrected chi connectivity index (χ2v) is 7.01. The summed E-state index contributed by atoms with van der Waals surface area (Å²) in [7, 11) is -3.12. The lowest BCUT2D eigenvalue weighted by atomic mass is 10.0. The van der Waals surface area contributed by atoms with Gasteiger partial charge in [-0.3, -0.25) is 4.79 Å². The third-order valence-electron chi connectivity index (χ3n) is 2.92. The molecule has 0 aliphatic carbocycles.